The van der Waals surface area contributed by atoms with Crippen molar-refractivity contribution in [3.63, 3.8) is 0 Å². The minimum atomic E-state index is -2.77. The molecule has 8 nitrogen and oxygen atoms in total. The van der Waals surface area contributed by atoms with Gasteiger partial charge in [-0.3, -0.25) is 4.90 Å². The van der Waals surface area contributed by atoms with Crippen molar-refractivity contribution in [3.05, 3.63) is 40.8 Å². The number of aliphatic hydroxyl groups excluding tert-OH is 1. The number of nitrogens with zero attached hydrogens (tertiary/aromatic N) is 5. The number of hydrogen-bond acceptors (Lipinski definition) is 7. The van der Waals surface area contributed by atoms with Crippen molar-refractivity contribution in [2.45, 2.75) is 37.0 Å². The van der Waals surface area contributed by atoms with Crippen molar-refractivity contribution < 1.29 is 18.6 Å². The first-order valence-corrected chi connectivity index (χ1v) is 12.6. The molecule has 0 bridgehead atoms. The number of piperazine rings is 1. The van der Waals surface area contributed by atoms with Crippen LogP contribution in [0, 0.1) is 0 Å². The van der Waals surface area contributed by atoms with E-state index in [-0.39, 0.29) is 17.1 Å². The second kappa shape index (κ2) is 8.66. The number of aromatic nitrogens is 3. The summed E-state index contributed by atoms with van der Waals surface area (Å²) in [5, 5.41) is 20.1. The van der Waals surface area contributed by atoms with Crippen molar-refractivity contribution >= 4 is 51.2 Å². The molecule has 6 rings (SSSR count). The van der Waals surface area contributed by atoms with E-state index in [2.05, 4.69) is 32.1 Å². The summed E-state index contributed by atoms with van der Waals surface area (Å²) in [6.45, 7) is 6.07. The van der Waals surface area contributed by atoms with Crippen LogP contribution < -0.4 is 10.2 Å². The van der Waals surface area contributed by atoms with Gasteiger partial charge in [0, 0.05) is 44.2 Å². The smallest absolute Gasteiger partial charge is 0.272 e. The van der Waals surface area contributed by atoms with Crippen LogP contribution in [0.1, 0.15) is 19.4 Å². The first-order valence-electron chi connectivity index (χ1n) is 11.9. The molecule has 2 aromatic heterocycles. The summed E-state index contributed by atoms with van der Waals surface area (Å²) in [7, 11) is 0. The van der Waals surface area contributed by atoms with Crippen LogP contribution in [0.15, 0.2) is 30.6 Å². The van der Waals surface area contributed by atoms with Gasteiger partial charge in [-0.1, -0.05) is 23.2 Å². The van der Waals surface area contributed by atoms with E-state index >= 15 is 0 Å². The van der Waals surface area contributed by atoms with E-state index in [9.17, 15) is 13.9 Å². The lowest BCUT2D eigenvalue weighted by atomic mass is 9.95. The Labute approximate surface area is 216 Å². The zero-order valence-electron chi connectivity index (χ0n) is 19.6. The predicted molar refractivity (Wildman–Crippen MR) is 135 cm³/mol. The van der Waals surface area contributed by atoms with Crippen LogP contribution in [0.3, 0.4) is 0 Å². The summed E-state index contributed by atoms with van der Waals surface area (Å²) in [5.41, 5.74) is 0.981. The number of alkyl halides is 2. The summed E-state index contributed by atoms with van der Waals surface area (Å²) in [6.07, 6.45) is 2.39. The van der Waals surface area contributed by atoms with E-state index in [4.69, 9.17) is 27.9 Å². The van der Waals surface area contributed by atoms with Gasteiger partial charge in [0.1, 0.15) is 11.9 Å². The molecule has 1 aliphatic carbocycles. The Balaban J connectivity index is 1.20. The van der Waals surface area contributed by atoms with Crippen LogP contribution in [0.25, 0.3) is 10.8 Å². The molecule has 3 atom stereocenters. The van der Waals surface area contributed by atoms with Gasteiger partial charge in [0.05, 0.1) is 47.5 Å². The highest BCUT2D eigenvalue weighted by molar-refractivity contribution is 6.34. The predicted octanol–water partition coefficient (Wildman–Crippen LogP) is 4.33. The maximum absolute atomic E-state index is 13.4. The molecule has 2 N–H and O–H groups in total. The molecule has 3 aliphatic rings. The quantitative estimate of drug-likeness (QED) is 0.500. The second-order valence-electron chi connectivity index (χ2n) is 9.98. The Morgan fingerprint density at radius 2 is 1.86 bits per heavy atom. The highest BCUT2D eigenvalue weighted by atomic mass is 35.5. The number of aliphatic hydroxyl groups is 1. The lowest BCUT2D eigenvalue weighted by molar-refractivity contribution is 0.00884. The number of anilines is 3. The van der Waals surface area contributed by atoms with Gasteiger partial charge in [-0.25, -0.2) is 18.4 Å². The fourth-order valence-electron chi connectivity index (χ4n) is 5.13. The first kappa shape index (κ1) is 24.1. The Morgan fingerprint density at radius 1 is 1.11 bits per heavy atom. The maximum Gasteiger partial charge on any atom is 0.272 e. The number of nitrogens with one attached hydrogen (secondary N) is 1. The molecule has 4 heterocycles. The summed E-state index contributed by atoms with van der Waals surface area (Å²) in [6, 6.07) is 4.80. The normalized spacial score (nSPS) is 28.1. The Bertz CT molecular complexity index is 1320. The number of ether oxygens (including phenoxy) is 1. The Hall–Kier alpha value is -2.24. The van der Waals surface area contributed by atoms with E-state index < -0.39 is 18.1 Å². The number of fused-ring (bicyclic) bond motifs is 1. The fraction of sp³-hybridized carbons (Fsp3) is 0.500. The van der Waals surface area contributed by atoms with Gasteiger partial charge in [0.25, 0.3) is 5.92 Å². The zero-order valence-corrected chi connectivity index (χ0v) is 21.1. The third-order valence-corrected chi connectivity index (χ3v) is 8.28. The van der Waals surface area contributed by atoms with Crippen molar-refractivity contribution in [2.75, 3.05) is 49.6 Å². The van der Waals surface area contributed by atoms with Gasteiger partial charge in [0.15, 0.2) is 5.15 Å². The molecule has 12 heteroatoms. The lowest BCUT2D eigenvalue weighted by Gasteiger charge is -2.45. The second-order valence-corrected chi connectivity index (χ2v) is 10.7. The van der Waals surface area contributed by atoms with E-state index in [1.165, 1.54) is 6.20 Å². The van der Waals surface area contributed by atoms with Gasteiger partial charge in [-0.05, 0) is 30.5 Å². The molecule has 0 radical (unpaired) electrons. The third kappa shape index (κ3) is 4.09. The summed E-state index contributed by atoms with van der Waals surface area (Å²) >= 11 is 13.0. The number of pyridine rings is 1. The molecule has 2 saturated heterocycles. The minimum Gasteiger partial charge on any atom is -0.389 e. The highest BCUT2D eigenvalue weighted by Crippen LogP contribution is 2.53. The average molecular weight is 539 g/mol. The van der Waals surface area contributed by atoms with E-state index in [1.807, 2.05) is 18.2 Å². The first-order chi connectivity index (χ1) is 17.2. The number of benzene rings is 1. The molecule has 0 spiro atoms. The standard InChI is InChI=1S/C24H26Cl2F2N6O2/c1-23(13-36-12-20(23)35)33-4-2-32(3-5-33)18-7-14-8-21(29-10-15(14)6-16(18)25)31-17-11-30-34(22(17)26)19-9-24(19,27)28/h6-8,10-11,19-20,35H,2-5,9,12-13H2,1H3,(H,29,31)/t19?,20-,23+/m1/s1. The zero-order chi connectivity index (χ0) is 25.2. The SMILES string of the molecule is C[C@]1(N2CCN(c3cc4cc(Nc5cnn(C6CC6(F)F)c5Cl)ncc4cc3Cl)CC2)COC[C@H]1O. The van der Waals surface area contributed by atoms with Crippen molar-refractivity contribution in [2.24, 2.45) is 0 Å². The lowest BCUT2D eigenvalue weighted by Crippen LogP contribution is -2.60. The third-order valence-electron chi connectivity index (χ3n) is 7.60. The van der Waals surface area contributed by atoms with Crippen LogP contribution in [0.4, 0.5) is 26.0 Å². The molecular weight excluding hydrogens is 513 g/mol. The molecule has 3 aromatic rings. The summed E-state index contributed by atoms with van der Waals surface area (Å²) in [4.78, 5) is 8.96. The Morgan fingerprint density at radius 3 is 2.53 bits per heavy atom. The largest absolute Gasteiger partial charge is 0.389 e. The van der Waals surface area contributed by atoms with Crippen LogP contribution in [0.2, 0.25) is 10.2 Å². The average Bonchev–Trinajstić information content (AvgIpc) is 3.13. The molecule has 192 valence electrons. The number of rotatable bonds is 5. The summed E-state index contributed by atoms with van der Waals surface area (Å²) < 4.78 is 33.6. The summed E-state index contributed by atoms with van der Waals surface area (Å²) in [5.74, 6) is -2.25. The van der Waals surface area contributed by atoms with Crippen LogP contribution in [-0.2, 0) is 4.74 Å². The van der Waals surface area contributed by atoms with Crippen LogP contribution in [-0.4, -0.2) is 81.7 Å². The highest BCUT2D eigenvalue weighted by Gasteiger charge is 2.59. The number of hydrogen-bond donors (Lipinski definition) is 2. The topological polar surface area (TPSA) is 78.7 Å². The molecule has 0 amide bonds. The molecular formula is C24H26Cl2F2N6O2. The van der Waals surface area contributed by atoms with Crippen molar-refractivity contribution in [1.82, 2.24) is 19.7 Å². The van der Waals surface area contributed by atoms with E-state index in [0.717, 1.165) is 47.3 Å². The van der Waals surface area contributed by atoms with Gasteiger partial charge in [-0.15, -0.1) is 0 Å². The van der Waals surface area contributed by atoms with Crippen molar-refractivity contribution in [3.8, 4) is 0 Å². The van der Waals surface area contributed by atoms with Gasteiger partial charge >= 0.3 is 0 Å². The van der Waals surface area contributed by atoms with Gasteiger partial charge in [-0.2, -0.15) is 5.10 Å². The van der Waals surface area contributed by atoms with Crippen molar-refractivity contribution in [1.29, 1.82) is 0 Å². The van der Waals surface area contributed by atoms with Crippen LogP contribution in [0.5, 0.6) is 0 Å². The fourth-order valence-corrected chi connectivity index (χ4v) is 5.68. The maximum atomic E-state index is 13.4. The molecule has 1 saturated carbocycles. The molecule has 1 unspecified atom stereocenters. The molecule has 2 aliphatic heterocycles. The molecule has 3 fully saturated rings. The molecule has 36 heavy (non-hydrogen) atoms. The molecule has 1 aromatic carbocycles. The monoisotopic (exact) mass is 538 g/mol. The van der Waals surface area contributed by atoms with Gasteiger partial charge < -0.3 is 20.1 Å². The van der Waals surface area contributed by atoms with E-state index in [1.54, 1.807) is 6.20 Å². The van der Waals surface area contributed by atoms with Gasteiger partial charge in [0.2, 0.25) is 0 Å². The Kier molecular flexibility index (Phi) is 5.80. The van der Waals surface area contributed by atoms with Crippen LogP contribution >= 0.6 is 23.2 Å². The minimum absolute atomic E-state index is 0.125. The number of halogens is 4. The van der Waals surface area contributed by atoms with E-state index in [0.29, 0.717) is 29.7 Å².